The van der Waals surface area contributed by atoms with Gasteiger partial charge in [-0.15, -0.1) is 0 Å². The summed E-state index contributed by atoms with van der Waals surface area (Å²) in [5, 5.41) is 0. The number of rotatable bonds is 2. The van der Waals surface area contributed by atoms with Crippen LogP contribution in [-0.4, -0.2) is 6.21 Å². The van der Waals surface area contributed by atoms with Crippen LogP contribution in [0, 0.1) is 0 Å². The van der Waals surface area contributed by atoms with Crippen LogP contribution in [0.4, 0.5) is 0 Å². The van der Waals surface area contributed by atoms with Crippen molar-refractivity contribution in [2.45, 2.75) is 31.7 Å². The zero-order valence-corrected chi connectivity index (χ0v) is 17.6. The largest absolute Gasteiger partial charge is 0.281 e. The number of nitrogens with zero attached hydrogens (tertiary/aromatic N) is 1. The molecular formula is C30H25N. The van der Waals surface area contributed by atoms with Gasteiger partial charge in [0.05, 0.1) is 6.04 Å². The van der Waals surface area contributed by atoms with Crippen molar-refractivity contribution in [2.24, 2.45) is 4.99 Å². The van der Waals surface area contributed by atoms with Gasteiger partial charge in [-0.3, -0.25) is 4.99 Å². The van der Waals surface area contributed by atoms with E-state index >= 15 is 0 Å². The highest BCUT2D eigenvalue weighted by molar-refractivity contribution is 5.85. The average Bonchev–Trinajstić information content (AvgIpc) is 3.13. The normalized spacial score (nSPS) is 18.3. The fraction of sp³-hybridized carbons (Fsp3) is 0.167. The first-order chi connectivity index (χ1) is 15.4. The van der Waals surface area contributed by atoms with E-state index < -0.39 is 0 Å². The average molecular weight is 400 g/mol. The summed E-state index contributed by atoms with van der Waals surface area (Å²) in [5.41, 5.74) is 12.8. The minimum Gasteiger partial charge on any atom is -0.281 e. The van der Waals surface area contributed by atoms with E-state index in [-0.39, 0.29) is 6.04 Å². The SMILES string of the molecule is C1=CC=NC(c2ccccc2-c2cccc3c2CCc2c-3ccc3c2CCC=C3)C=C1. The molecular weight excluding hydrogens is 374 g/mol. The lowest BCUT2D eigenvalue weighted by molar-refractivity contribution is 0.886. The third-order valence-corrected chi connectivity index (χ3v) is 6.83. The number of benzene rings is 3. The fourth-order valence-corrected chi connectivity index (χ4v) is 5.41. The Kier molecular flexibility index (Phi) is 4.53. The highest BCUT2D eigenvalue weighted by Crippen LogP contribution is 2.43. The first kappa shape index (κ1) is 18.3. The maximum Gasteiger partial charge on any atom is 0.0939 e. The van der Waals surface area contributed by atoms with Gasteiger partial charge >= 0.3 is 0 Å². The molecule has 1 aliphatic heterocycles. The Morgan fingerprint density at radius 1 is 0.645 bits per heavy atom. The quantitative estimate of drug-likeness (QED) is 0.428. The van der Waals surface area contributed by atoms with Gasteiger partial charge < -0.3 is 0 Å². The van der Waals surface area contributed by atoms with E-state index in [0.717, 1.165) is 19.3 Å². The summed E-state index contributed by atoms with van der Waals surface area (Å²) in [4.78, 5) is 4.77. The standard InChI is InChI=1S/C30H25N/c1-2-15-30(31-20-7-1)29-12-6-5-11-25(29)23-13-8-14-24-27-17-16-21-9-3-4-10-22(21)26(27)18-19-28(23)24/h1-3,5-9,11-17,20,30H,4,10,18-19H2. The minimum absolute atomic E-state index is 0.0525. The molecule has 0 aromatic heterocycles. The van der Waals surface area contributed by atoms with Crippen LogP contribution in [0.3, 0.4) is 0 Å². The van der Waals surface area contributed by atoms with Gasteiger partial charge in [0, 0.05) is 6.21 Å². The second kappa shape index (κ2) is 7.67. The van der Waals surface area contributed by atoms with E-state index in [9.17, 15) is 0 Å². The Morgan fingerprint density at radius 2 is 1.45 bits per heavy atom. The number of hydrogen-bond acceptors (Lipinski definition) is 1. The predicted molar refractivity (Wildman–Crippen MR) is 132 cm³/mol. The van der Waals surface area contributed by atoms with Gasteiger partial charge in [0.15, 0.2) is 0 Å². The number of allylic oxidation sites excluding steroid dienone is 4. The van der Waals surface area contributed by atoms with Crippen LogP contribution in [0.25, 0.3) is 28.3 Å². The molecule has 0 saturated carbocycles. The van der Waals surface area contributed by atoms with Crippen LogP contribution < -0.4 is 0 Å². The highest BCUT2D eigenvalue weighted by Gasteiger charge is 2.24. The number of hydrogen-bond donors (Lipinski definition) is 0. The summed E-state index contributed by atoms with van der Waals surface area (Å²) in [5.74, 6) is 0. The molecule has 0 spiro atoms. The summed E-state index contributed by atoms with van der Waals surface area (Å²) in [6.45, 7) is 0. The number of fused-ring (bicyclic) bond motifs is 5. The van der Waals surface area contributed by atoms with Gasteiger partial charge in [-0.05, 0) is 81.8 Å². The summed E-state index contributed by atoms with van der Waals surface area (Å²) in [6, 6.07) is 20.3. The van der Waals surface area contributed by atoms with Gasteiger partial charge in [-0.2, -0.15) is 0 Å². The molecule has 0 amide bonds. The Hall–Kier alpha value is -3.45. The third-order valence-electron chi connectivity index (χ3n) is 6.83. The molecule has 1 heterocycles. The van der Waals surface area contributed by atoms with Crippen molar-refractivity contribution in [3.05, 3.63) is 113 Å². The Labute approximate surface area is 184 Å². The van der Waals surface area contributed by atoms with Crippen LogP contribution >= 0.6 is 0 Å². The van der Waals surface area contributed by atoms with E-state index in [1.54, 1.807) is 11.1 Å². The van der Waals surface area contributed by atoms with Gasteiger partial charge in [-0.25, -0.2) is 0 Å². The monoisotopic (exact) mass is 399 g/mol. The van der Waals surface area contributed by atoms with Crippen molar-refractivity contribution in [1.29, 1.82) is 0 Å². The van der Waals surface area contributed by atoms with Crippen LogP contribution in [0.5, 0.6) is 0 Å². The van der Waals surface area contributed by atoms with Gasteiger partial charge in [-0.1, -0.05) is 85.0 Å². The Bertz CT molecular complexity index is 1270. The molecule has 3 aromatic carbocycles. The van der Waals surface area contributed by atoms with Crippen molar-refractivity contribution in [3.63, 3.8) is 0 Å². The van der Waals surface area contributed by atoms with E-state index in [0.29, 0.717) is 0 Å². The molecule has 2 aliphatic carbocycles. The first-order valence-electron chi connectivity index (χ1n) is 11.3. The van der Waals surface area contributed by atoms with Gasteiger partial charge in [0.2, 0.25) is 0 Å². The minimum atomic E-state index is 0.0525. The topological polar surface area (TPSA) is 12.4 Å². The summed E-state index contributed by atoms with van der Waals surface area (Å²) < 4.78 is 0. The first-order valence-corrected chi connectivity index (χ1v) is 11.3. The molecule has 0 bridgehead atoms. The highest BCUT2D eigenvalue weighted by atomic mass is 14.8. The molecule has 1 atom stereocenters. The summed E-state index contributed by atoms with van der Waals surface area (Å²) in [6.07, 6.45) is 19.4. The fourth-order valence-electron chi connectivity index (χ4n) is 5.41. The van der Waals surface area contributed by atoms with Crippen LogP contribution in [0.15, 0.2) is 90.0 Å². The zero-order chi connectivity index (χ0) is 20.6. The lowest BCUT2D eigenvalue weighted by atomic mass is 9.77. The Balaban J connectivity index is 1.51. The van der Waals surface area contributed by atoms with Crippen molar-refractivity contribution in [3.8, 4) is 22.3 Å². The lowest BCUT2D eigenvalue weighted by Gasteiger charge is -2.27. The van der Waals surface area contributed by atoms with E-state index in [2.05, 4.69) is 78.9 Å². The molecule has 3 aliphatic rings. The van der Waals surface area contributed by atoms with Crippen molar-refractivity contribution < 1.29 is 0 Å². The molecule has 0 saturated heterocycles. The van der Waals surface area contributed by atoms with Gasteiger partial charge in [0.25, 0.3) is 0 Å². The third kappa shape index (κ3) is 3.13. The van der Waals surface area contributed by atoms with Crippen molar-refractivity contribution >= 4 is 12.3 Å². The second-order valence-corrected chi connectivity index (χ2v) is 8.53. The maximum atomic E-state index is 4.77. The van der Waals surface area contributed by atoms with E-state index in [4.69, 9.17) is 4.99 Å². The van der Waals surface area contributed by atoms with Crippen LogP contribution in [0.1, 0.15) is 40.3 Å². The molecule has 6 rings (SSSR count). The van der Waals surface area contributed by atoms with Gasteiger partial charge in [0.1, 0.15) is 0 Å². The van der Waals surface area contributed by atoms with Crippen LogP contribution in [0.2, 0.25) is 0 Å². The molecule has 0 radical (unpaired) electrons. The molecule has 150 valence electrons. The zero-order valence-electron chi connectivity index (χ0n) is 17.6. The molecule has 1 unspecified atom stereocenters. The summed E-state index contributed by atoms with van der Waals surface area (Å²) in [7, 11) is 0. The van der Waals surface area contributed by atoms with E-state index in [1.807, 2.05) is 18.4 Å². The maximum absolute atomic E-state index is 4.77. The molecule has 0 fully saturated rings. The molecule has 3 aromatic rings. The van der Waals surface area contributed by atoms with Crippen molar-refractivity contribution in [1.82, 2.24) is 0 Å². The second-order valence-electron chi connectivity index (χ2n) is 8.53. The molecule has 31 heavy (non-hydrogen) atoms. The molecule has 1 heteroatoms. The predicted octanol–water partition coefficient (Wildman–Crippen LogP) is 7.32. The summed E-state index contributed by atoms with van der Waals surface area (Å²) >= 11 is 0. The molecule has 0 N–H and O–H groups in total. The lowest BCUT2D eigenvalue weighted by Crippen LogP contribution is -2.11. The smallest absolute Gasteiger partial charge is 0.0939 e. The Morgan fingerprint density at radius 3 is 2.42 bits per heavy atom. The molecule has 1 nitrogen and oxygen atoms in total. The van der Waals surface area contributed by atoms with Crippen LogP contribution in [-0.2, 0) is 19.3 Å². The number of aliphatic imine (C=N–C) groups is 1. The van der Waals surface area contributed by atoms with E-state index in [1.165, 1.54) is 45.4 Å². The van der Waals surface area contributed by atoms with Crippen molar-refractivity contribution in [2.75, 3.05) is 0 Å².